The van der Waals surface area contributed by atoms with Gasteiger partial charge < -0.3 is 15.2 Å². The smallest absolute Gasteiger partial charge is 0.475 e. The second kappa shape index (κ2) is 13.6. The fraction of sp³-hybridized carbons (Fsp3) is 0.174. The molecule has 9 nitrogen and oxygen atoms in total. The Kier molecular flexibility index (Phi) is 10.8. The number of nitrogens with zero attached hydrogens (tertiary/aromatic N) is 2. The Labute approximate surface area is 245 Å². The van der Waals surface area contributed by atoms with Crippen LogP contribution in [0.1, 0.15) is 5.56 Å². The fourth-order valence-corrected chi connectivity index (χ4v) is 5.16. The lowest BCUT2D eigenvalue weighted by Gasteiger charge is -2.13. The summed E-state index contributed by atoms with van der Waals surface area (Å²) in [6.45, 7) is 1.48. The second-order valence-electron chi connectivity index (χ2n) is 7.63. The van der Waals surface area contributed by atoms with Gasteiger partial charge in [0.2, 0.25) is 5.88 Å². The fourth-order valence-electron chi connectivity index (χ4n) is 2.84. The van der Waals surface area contributed by atoms with Gasteiger partial charge in [-0.3, -0.25) is 9.71 Å². The molecule has 0 atom stereocenters. The molecule has 0 spiro atoms. The Morgan fingerprint density at radius 3 is 2.33 bits per heavy atom. The van der Waals surface area contributed by atoms with E-state index in [0.29, 0.717) is 12.3 Å². The highest BCUT2D eigenvalue weighted by Gasteiger charge is 2.38. The number of pyridine rings is 1. The first-order valence-corrected chi connectivity index (χ1v) is 14.5. The van der Waals surface area contributed by atoms with Gasteiger partial charge in [0.15, 0.2) is 5.17 Å². The number of benzene rings is 2. The van der Waals surface area contributed by atoms with Crippen molar-refractivity contribution in [2.24, 2.45) is 4.99 Å². The third-order valence-corrected chi connectivity index (χ3v) is 7.92. The molecule has 17 heteroatoms. The van der Waals surface area contributed by atoms with Crippen LogP contribution in [0.5, 0.6) is 11.6 Å². The zero-order chi connectivity index (χ0) is 29.5. The molecule has 214 valence electrons. The van der Waals surface area contributed by atoms with Crippen molar-refractivity contribution in [2.45, 2.75) is 17.6 Å². The van der Waals surface area contributed by atoms with Crippen LogP contribution < -0.4 is 14.8 Å². The van der Waals surface area contributed by atoms with Gasteiger partial charge in [-0.25, -0.2) is 18.2 Å². The first-order valence-electron chi connectivity index (χ1n) is 10.9. The zero-order valence-electron chi connectivity index (χ0n) is 19.9. The van der Waals surface area contributed by atoms with Crippen molar-refractivity contribution in [2.75, 3.05) is 17.0 Å². The molecule has 40 heavy (non-hydrogen) atoms. The lowest BCUT2D eigenvalue weighted by Crippen LogP contribution is -2.21. The maximum atomic E-state index is 12.8. The second-order valence-corrected chi connectivity index (χ2v) is 11.6. The van der Waals surface area contributed by atoms with Crippen molar-refractivity contribution < 1.29 is 36.2 Å². The Balaban J connectivity index is 0.000000559. The number of aliphatic imine (C=N–C) groups is 1. The molecule has 3 N–H and O–H groups in total. The number of nitrogens with one attached hydrogen (secondary N) is 2. The number of carboxylic acids is 1. The van der Waals surface area contributed by atoms with Crippen LogP contribution in [0.3, 0.4) is 0 Å². The summed E-state index contributed by atoms with van der Waals surface area (Å²) in [5.74, 6) is -1.23. The van der Waals surface area contributed by atoms with E-state index in [-0.39, 0.29) is 31.5 Å². The molecule has 0 saturated carbocycles. The van der Waals surface area contributed by atoms with Crippen LogP contribution in [-0.2, 0) is 21.4 Å². The number of alkyl halides is 3. The summed E-state index contributed by atoms with van der Waals surface area (Å²) in [6, 6.07) is 12.8. The molecule has 4 rings (SSSR count). The molecular weight excluding hydrogens is 640 g/mol. The van der Waals surface area contributed by atoms with Gasteiger partial charge in [0.1, 0.15) is 11.4 Å². The van der Waals surface area contributed by atoms with Crippen molar-refractivity contribution in [1.29, 1.82) is 0 Å². The number of carboxylic acid groups (broad SMARTS) is 1. The average molecular weight is 658 g/mol. The van der Waals surface area contributed by atoms with E-state index in [1.165, 1.54) is 30.5 Å². The van der Waals surface area contributed by atoms with Crippen molar-refractivity contribution in [3.63, 3.8) is 0 Å². The van der Waals surface area contributed by atoms with E-state index in [0.717, 1.165) is 23.0 Å². The van der Waals surface area contributed by atoms with E-state index in [9.17, 15) is 21.6 Å². The van der Waals surface area contributed by atoms with Crippen LogP contribution in [0.4, 0.5) is 18.9 Å². The highest BCUT2D eigenvalue weighted by atomic mass is 35.5. The summed E-state index contributed by atoms with van der Waals surface area (Å²) in [7, 11) is -4.00. The molecule has 1 aliphatic heterocycles. The number of hydrogen-bond donors (Lipinski definition) is 3. The van der Waals surface area contributed by atoms with Crippen molar-refractivity contribution >= 4 is 73.4 Å². The summed E-state index contributed by atoms with van der Waals surface area (Å²) in [4.78, 5) is 17.3. The van der Waals surface area contributed by atoms with Crippen LogP contribution in [0.15, 0.2) is 64.6 Å². The van der Waals surface area contributed by atoms with E-state index < -0.39 is 22.2 Å². The lowest BCUT2D eigenvalue weighted by molar-refractivity contribution is -0.192. The Hall–Kier alpha value is -2.91. The van der Waals surface area contributed by atoms with Crippen LogP contribution >= 0.6 is 46.6 Å². The molecule has 0 amide bonds. The summed E-state index contributed by atoms with van der Waals surface area (Å²) in [5, 5.41) is 12.0. The molecule has 0 fully saturated rings. The van der Waals surface area contributed by atoms with Gasteiger partial charge in [0, 0.05) is 18.5 Å². The van der Waals surface area contributed by atoms with Gasteiger partial charge in [-0.2, -0.15) is 13.2 Å². The number of aliphatic carboxylic acids is 1. The Morgan fingerprint density at radius 2 is 1.75 bits per heavy atom. The van der Waals surface area contributed by atoms with Crippen molar-refractivity contribution in [1.82, 2.24) is 10.3 Å². The number of rotatable bonds is 7. The molecule has 3 aromatic rings. The average Bonchev–Trinajstić information content (AvgIpc) is 3.40. The quantitative estimate of drug-likeness (QED) is 0.264. The predicted octanol–water partition coefficient (Wildman–Crippen LogP) is 6.46. The van der Waals surface area contributed by atoms with Gasteiger partial charge in [0.05, 0.1) is 26.5 Å². The topological polar surface area (TPSA) is 130 Å². The molecule has 1 aliphatic rings. The molecule has 0 bridgehead atoms. The Morgan fingerprint density at radius 1 is 1.07 bits per heavy atom. The first kappa shape index (κ1) is 31.6. The van der Waals surface area contributed by atoms with Crippen LogP contribution in [0, 0.1) is 0 Å². The maximum absolute atomic E-state index is 12.8. The van der Waals surface area contributed by atoms with Gasteiger partial charge in [0.25, 0.3) is 10.0 Å². The molecule has 0 aliphatic carbocycles. The minimum absolute atomic E-state index is 0.0469. The van der Waals surface area contributed by atoms with E-state index in [2.05, 4.69) is 20.0 Å². The van der Waals surface area contributed by atoms with Crippen LogP contribution in [0.25, 0.3) is 0 Å². The summed E-state index contributed by atoms with van der Waals surface area (Å²) in [5.41, 5.74) is 1.12. The molecule has 0 radical (unpaired) electrons. The number of hydrogen-bond acceptors (Lipinski definition) is 8. The lowest BCUT2D eigenvalue weighted by atomic mass is 10.2. The third-order valence-electron chi connectivity index (χ3n) is 4.67. The molecule has 2 aromatic carbocycles. The summed E-state index contributed by atoms with van der Waals surface area (Å²) < 4.78 is 65.7. The van der Waals surface area contributed by atoms with Crippen LogP contribution in [0.2, 0.25) is 15.1 Å². The number of thioether (sulfide) groups is 1. The predicted molar refractivity (Wildman–Crippen MR) is 148 cm³/mol. The third kappa shape index (κ3) is 9.34. The first-order chi connectivity index (χ1) is 18.7. The molecule has 0 unspecified atom stereocenters. The van der Waals surface area contributed by atoms with Gasteiger partial charge in [-0.05, 0) is 42.0 Å². The molecule has 0 saturated heterocycles. The minimum Gasteiger partial charge on any atom is -0.475 e. The number of ether oxygens (including phenoxy) is 1. The number of aromatic nitrogens is 1. The SMILES string of the molecule is O=C(O)C(F)(F)F.O=S(=O)(Nc1cc(Cl)cnc1Oc1ccc(CNC2=NCCS2)cc1)c1ccc(Cl)c(Cl)c1. The number of halogens is 6. The standard InChI is InChI=1S/C21H17Cl3N4O3S2.C2HF3O2/c22-14-9-19(28-33(29,30)16-5-6-17(23)18(24)10-16)20(26-12-14)31-15-3-1-13(2-4-15)11-27-21-25-7-8-32-21;3-2(4,5)1(6)7/h1-6,9-10,12,28H,7-8,11H2,(H,25,27);(H,6,7). The minimum atomic E-state index is -5.08. The van der Waals surface area contributed by atoms with Crippen LogP contribution in [-0.4, -0.2) is 48.1 Å². The van der Waals surface area contributed by atoms with Crippen molar-refractivity contribution in [3.8, 4) is 11.6 Å². The summed E-state index contributed by atoms with van der Waals surface area (Å²) in [6.07, 6.45) is -3.72. The van der Waals surface area contributed by atoms with E-state index in [1.807, 2.05) is 12.1 Å². The van der Waals surface area contributed by atoms with E-state index >= 15 is 0 Å². The number of anilines is 1. The Bertz CT molecular complexity index is 1510. The molecule has 2 heterocycles. The highest BCUT2D eigenvalue weighted by Crippen LogP contribution is 2.32. The number of carbonyl (C=O) groups is 1. The monoisotopic (exact) mass is 656 g/mol. The van der Waals surface area contributed by atoms with Gasteiger partial charge >= 0.3 is 12.1 Å². The van der Waals surface area contributed by atoms with E-state index in [1.54, 1.807) is 23.9 Å². The van der Waals surface area contributed by atoms with Crippen molar-refractivity contribution in [3.05, 3.63) is 75.4 Å². The number of sulfonamides is 1. The van der Waals surface area contributed by atoms with E-state index in [4.69, 9.17) is 49.4 Å². The molecular formula is C23H18Cl3F3N4O5S2. The largest absolute Gasteiger partial charge is 0.490 e. The maximum Gasteiger partial charge on any atom is 0.490 e. The number of amidine groups is 1. The zero-order valence-corrected chi connectivity index (χ0v) is 23.8. The van der Waals surface area contributed by atoms with Gasteiger partial charge in [-0.1, -0.05) is 58.7 Å². The highest BCUT2D eigenvalue weighted by molar-refractivity contribution is 8.14. The molecule has 1 aromatic heterocycles. The van der Waals surface area contributed by atoms with Gasteiger partial charge in [-0.15, -0.1) is 0 Å². The normalized spacial score (nSPS) is 13.1. The summed E-state index contributed by atoms with van der Waals surface area (Å²) >= 11 is 19.6.